The first-order valence-electron chi connectivity index (χ1n) is 8.67. The monoisotopic (exact) mass is 356 g/mol. The Balaban J connectivity index is 1.39. The predicted octanol–water partition coefficient (Wildman–Crippen LogP) is 2.93. The van der Waals surface area contributed by atoms with E-state index in [1.807, 2.05) is 22.4 Å². The number of pyridine rings is 1. The Morgan fingerprint density at radius 3 is 2.92 bits per heavy atom. The van der Waals surface area contributed by atoms with E-state index in [1.165, 1.54) is 24.2 Å². The van der Waals surface area contributed by atoms with Gasteiger partial charge in [0.1, 0.15) is 0 Å². The van der Waals surface area contributed by atoms with Crippen molar-refractivity contribution >= 4 is 28.3 Å². The molecule has 1 saturated carbocycles. The SMILES string of the molecule is O=C(Nc1nc(-c2cccnc2)cs1)[C@H]1CC(=O)N(C2CCCC2)C1. The van der Waals surface area contributed by atoms with Crippen LogP contribution in [0.15, 0.2) is 29.9 Å². The largest absolute Gasteiger partial charge is 0.339 e. The molecule has 25 heavy (non-hydrogen) atoms. The van der Waals surface area contributed by atoms with Crippen molar-refractivity contribution in [3.8, 4) is 11.3 Å². The molecule has 2 aromatic heterocycles. The fourth-order valence-electron chi connectivity index (χ4n) is 3.66. The molecule has 0 bridgehead atoms. The summed E-state index contributed by atoms with van der Waals surface area (Å²) in [7, 11) is 0. The molecular formula is C18H20N4O2S. The summed E-state index contributed by atoms with van der Waals surface area (Å²) in [5, 5.41) is 5.34. The van der Waals surface area contributed by atoms with Gasteiger partial charge in [-0.05, 0) is 25.0 Å². The highest BCUT2D eigenvalue weighted by Crippen LogP contribution is 2.30. The van der Waals surface area contributed by atoms with Crippen LogP contribution < -0.4 is 5.32 Å². The maximum atomic E-state index is 12.5. The molecule has 2 amide bonds. The van der Waals surface area contributed by atoms with Gasteiger partial charge in [0.15, 0.2) is 5.13 Å². The lowest BCUT2D eigenvalue weighted by molar-refractivity contribution is -0.129. The molecule has 0 aromatic carbocycles. The molecule has 0 radical (unpaired) electrons. The Hall–Kier alpha value is -2.28. The molecule has 2 aromatic rings. The van der Waals surface area contributed by atoms with E-state index in [2.05, 4.69) is 15.3 Å². The number of anilines is 1. The number of likely N-dealkylation sites (tertiary alicyclic amines) is 1. The zero-order valence-corrected chi connectivity index (χ0v) is 14.7. The molecule has 4 rings (SSSR count). The first-order chi connectivity index (χ1) is 12.2. The highest BCUT2D eigenvalue weighted by Gasteiger charge is 2.38. The number of nitrogens with one attached hydrogen (secondary N) is 1. The van der Waals surface area contributed by atoms with Crippen LogP contribution in [0.3, 0.4) is 0 Å². The predicted molar refractivity (Wildman–Crippen MR) is 96.1 cm³/mol. The molecule has 130 valence electrons. The average molecular weight is 356 g/mol. The van der Waals surface area contributed by atoms with Gasteiger partial charge < -0.3 is 10.2 Å². The summed E-state index contributed by atoms with van der Waals surface area (Å²) in [5.41, 5.74) is 1.71. The van der Waals surface area contributed by atoms with Crippen LogP contribution in [0.2, 0.25) is 0 Å². The summed E-state index contributed by atoms with van der Waals surface area (Å²) in [6.45, 7) is 0.538. The van der Waals surface area contributed by atoms with Crippen LogP contribution in [0.4, 0.5) is 5.13 Å². The van der Waals surface area contributed by atoms with Gasteiger partial charge >= 0.3 is 0 Å². The Morgan fingerprint density at radius 2 is 2.16 bits per heavy atom. The number of carbonyl (C=O) groups excluding carboxylic acids is 2. The standard InChI is InChI=1S/C18H20N4O2S/c23-16-8-13(10-22(16)14-5-1-2-6-14)17(24)21-18-20-15(11-25-18)12-4-3-7-19-9-12/h3-4,7,9,11,13-14H,1-2,5-6,8,10H2,(H,20,21,24)/t13-/m0/s1. The van der Waals surface area contributed by atoms with Crippen LogP contribution in [0.5, 0.6) is 0 Å². The molecule has 1 atom stereocenters. The minimum atomic E-state index is -0.279. The van der Waals surface area contributed by atoms with Crippen molar-refractivity contribution in [1.82, 2.24) is 14.9 Å². The van der Waals surface area contributed by atoms with Gasteiger partial charge in [0.25, 0.3) is 0 Å². The molecule has 6 nitrogen and oxygen atoms in total. The topological polar surface area (TPSA) is 75.2 Å². The summed E-state index contributed by atoms with van der Waals surface area (Å²) in [5.74, 6) is -0.276. The van der Waals surface area contributed by atoms with Crippen LogP contribution in [0.1, 0.15) is 32.1 Å². The lowest BCUT2D eigenvalue weighted by atomic mass is 10.1. The highest BCUT2D eigenvalue weighted by molar-refractivity contribution is 7.14. The number of carbonyl (C=O) groups is 2. The molecule has 7 heteroatoms. The van der Waals surface area contributed by atoms with Crippen molar-refractivity contribution < 1.29 is 9.59 Å². The summed E-state index contributed by atoms with van der Waals surface area (Å²) in [6, 6.07) is 4.12. The Morgan fingerprint density at radius 1 is 1.32 bits per heavy atom. The second-order valence-corrected chi connectivity index (χ2v) is 7.51. The van der Waals surface area contributed by atoms with Gasteiger partial charge in [-0.3, -0.25) is 14.6 Å². The first kappa shape index (κ1) is 16.2. The smallest absolute Gasteiger partial charge is 0.231 e. The fraction of sp³-hybridized carbons (Fsp3) is 0.444. The van der Waals surface area contributed by atoms with Crippen molar-refractivity contribution in [2.75, 3.05) is 11.9 Å². The minimum Gasteiger partial charge on any atom is -0.339 e. The van der Waals surface area contributed by atoms with Gasteiger partial charge in [-0.25, -0.2) is 4.98 Å². The Labute approximate surface area is 150 Å². The third kappa shape index (κ3) is 3.42. The van der Waals surface area contributed by atoms with E-state index in [0.717, 1.165) is 24.1 Å². The number of amides is 2. The van der Waals surface area contributed by atoms with Gasteiger partial charge in [0, 0.05) is 42.3 Å². The molecule has 0 unspecified atom stereocenters. The van der Waals surface area contributed by atoms with Crippen molar-refractivity contribution in [2.45, 2.75) is 38.1 Å². The van der Waals surface area contributed by atoms with Crippen LogP contribution in [-0.4, -0.2) is 39.3 Å². The van der Waals surface area contributed by atoms with Crippen molar-refractivity contribution in [2.24, 2.45) is 5.92 Å². The Bertz CT molecular complexity index is 770. The van der Waals surface area contributed by atoms with E-state index in [-0.39, 0.29) is 17.7 Å². The summed E-state index contributed by atoms with van der Waals surface area (Å²) < 4.78 is 0. The number of hydrogen-bond donors (Lipinski definition) is 1. The minimum absolute atomic E-state index is 0.110. The lowest BCUT2D eigenvalue weighted by Crippen LogP contribution is -2.35. The number of hydrogen-bond acceptors (Lipinski definition) is 5. The second kappa shape index (κ2) is 6.92. The molecule has 0 spiro atoms. The third-order valence-electron chi connectivity index (χ3n) is 4.99. The van der Waals surface area contributed by atoms with E-state index in [4.69, 9.17) is 0 Å². The first-order valence-corrected chi connectivity index (χ1v) is 9.55. The van der Waals surface area contributed by atoms with E-state index in [1.54, 1.807) is 12.4 Å². The van der Waals surface area contributed by atoms with Gasteiger partial charge in [-0.2, -0.15) is 0 Å². The molecule has 1 saturated heterocycles. The molecular weight excluding hydrogens is 336 g/mol. The zero-order valence-electron chi connectivity index (χ0n) is 13.9. The molecule has 3 heterocycles. The molecule has 1 N–H and O–H groups in total. The van der Waals surface area contributed by atoms with E-state index in [9.17, 15) is 9.59 Å². The Kier molecular flexibility index (Phi) is 4.48. The summed E-state index contributed by atoms with van der Waals surface area (Å²) in [4.78, 5) is 35.2. The van der Waals surface area contributed by atoms with Gasteiger partial charge in [0.2, 0.25) is 11.8 Å². The molecule has 1 aliphatic heterocycles. The number of thiazole rings is 1. The van der Waals surface area contributed by atoms with Gasteiger partial charge in [-0.1, -0.05) is 12.8 Å². The maximum Gasteiger partial charge on any atom is 0.231 e. The van der Waals surface area contributed by atoms with Crippen molar-refractivity contribution in [3.63, 3.8) is 0 Å². The average Bonchev–Trinajstić information content (AvgIpc) is 3.35. The zero-order chi connectivity index (χ0) is 17.2. The van der Waals surface area contributed by atoms with E-state index in [0.29, 0.717) is 24.1 Å². The van der Waals surface area contributed by atoms with Crippen molar-refractivity contribution in [3.05, 3.63) is 29.9 Å². The van der Waals surface area contributed by atoms with Gasteiger partial charge in [0.05, 0.1) is 11.6 Å². The number of aromatic nitrogens is 2. The quantitative estimate of drug-likeness (QED) is 0.914. The molecule has 1 aliphatic carbocycles. The molecule has 2 aliphatic rings. The van der Waals surface area contributed by atoms with E-state index < -0.39 is 0 Å². The summed E-state index contributed by atoms with van der Waals surface area (Å²) >= 11 is 1.39. The second-order valence-electron chi connectivity index (χ2n) is 6.65. The lowest BCUT2D eigenvalue weighted by Gasteiger charge is -2.23. The number of rotatable bonds is 4. The van der Waals surface area contributed by atoms with Crippen molar-refractivity contribution in [1.29, 1.82) is 0 Å². The normalized spacial score (nSPS) is 21.0. The van der Waals surface area contributed by atoms with Crippen LogP contribution >= 0.6 is 11.3 Å². The maximum absolute atomic E-state index is 12.5. The van der Waals surface area contributed by atoms with Gasteiger partial charge in [-0.15, -0.1) is 11.3 Å². The fourth-order valence-corrected chi connectivity index (χ4v) is 4.38. The van der Waals surface area contributed by atoms with Crippen LogP contribution in [0.25, 0.3) is 11.3 Å². The third-order valence-corrected chi connectivity index (χ3v) is 5.74. The summed E-state index contributed by atoms with van der Waals surface area (Å²) in [6.07, 6.45) is 8.27. The van der Waals surface area contributed by atoms with Crippen LogP contribution in [-0.2, 0) is 9.59 Å². The molecule has 2 fully saturated rings. The number of nitrogens with zero attached hydrogens (tertiary/aromatic N) is 3. The van der Waals surface area contributed by atoms with Crippen LogP contribution in [0, 0.1) is 5.92 Å². The highest BCUT2D eigenvalue weighted by atomic mass is 32.1. The van der Waals surface area contributed by atoms with E-state index >= 15 is 0 Å².